The number of hydrogen-bond donors (Lipinski definition) is 1. The van der Waals surface area contributed by atoms with Gasteiger partial charge in [-0.15, -0.1) is 0 Å². The Bertz CT molecular complexity index is 441. The van der Waals surface area contributed by atoms with Gasteiger partial charge in [0.1, 0.15) is 0 Å². The number of methoxy groups -OCH3 is 1. The van der Waals surface area contributed by atoms with E-state index in [9.17, 15) is 8.78 Å². The molecular formula is C16H25F2NO2. The highest BCUT2D eigenvalue weighted by molar-refractivity contribution is 5.31. The summed E-state index contributed by atoms with van der Waals surface area (Å²) in [7, 11) is 1.59. The first-order valence-corrected chi connectivity index (χ1v) is 7.20. The molecule has 1 aromatic carbocycles. The van der Waals surface area contributed by atoms with E-state index in [4.69, 9.17) is 15.2 Å². The van der Waals surface area contributed by atoms with Crippen molar-refractivity contribution in [2.75, 3.05) is 13.7 Å². The Labute approximate surface area is 125 Å². The van der Waals surface area contributed by atoms with E-state index in [1.165, 1.54) is 12.1 Å². The molecule has 0 aliphatic carbocycles. The van der Waals surface area contributed by atoms with E-state index in [0.717, 1.165) is 6.42 Å². The minimum absolute atomic E-state index is 0.0990. The van der Waals surface area contributed by atoms with Crippen LogP contribution in [-0.4, -0.2) is 25.4 Å². The topological polar surface area (TPSA) is 44.5 Å². The second-order valence-corrected chi connectivity index (χ2v) is 5.82. The Morgan fingerprint density at radius 1 is 1.24 bits per heavy atom. The van der Waals surface area contributed by atoms with E-state index >= 15 is 0 Å². The van der Waals surface area contributed by atoms with Crippen molar-refractivity contribution in [1.82, 2.24) is 0 Å². The number of rotatable bonds is 8. The molecule has 1 rings (SSSR count). The fourth-order valence-electron chi connectivity index (χ4n) is 1.82. The van der Waals surface area contributed by atoms with Crippen LogP contribution in [0.25, 0.3) is 0 Å². The van der Waals surface area contributed by atoms with Crippen LogP contribution < -0.4 is 10.5 Å². The van der Waals surface area contributed by atoms with E-state index in [1.54, 1.807) is 7.11 Å². The van der Waals surface area contributed by atoms with Crippen LogP contribution in [0.5, 0.6) is 5.75 Å². The summed E-state index contributed by atoms with van der Waals surface area (Å²) in [6.45, 7) is 5.89. The molecule has 1 unspecified atom stereocenters. The lowest BCUT2D eigenvalue weighted by Gasteiger charge is -2.22. The van der Waals surface area contributed by atoms with Crippen molar-refractivity contribution in [2.24, 2.45) is 5.73 Å². The Balaban J connectivity index is 2.72. The summed E-state index contributed by atoms with van der Waals surface area (Å²) in [5, 5.41) is 0. The van der Waals surface area contributed by atoms with Crippen molar-refractivity contribution in [1.29, 1.82) is 0 Å². The number of halogens is 2. The fraction of sp³-hybridized carbons (Fsp3) is 0.625. The largest absolute Gasteiger partial charge is 0.487 e. The summed E-state index contributed by atoms with van der Waals surface area (Å²) in [5.74, 6) is -1.72. The summed E-state index contributed by atoms with van der Waals surface area (Å²) in [6, 6.07) is 2.48. The predicted octanol–water partition coefficient (Wildman–Crippen LogP) is 3.44. The normalized spacial score (nSPS) is 13.3. The van der Waals surface area contributed by atoms with Gasteiger partial charge in [0, 0.05) is 19.6 Å². The van der Waals surface area contributed by atoms with Crippen LogP contribution in [0.1, 0.15) is 39.2 Å². The van der Waals surface area contributed by atoms with Crippen LogP contribution in [0, 0.1) is 11.6 Å². The molecule has 0 radical (unpaired) electrons. The third-order valence-electron chi connectivity index (χ3n) is 3.58. The Morgan fingerprint density at radius 2 is 1.81 bits per heavy atom. The minimum Gasteiger partial charge on any atom is -0.487 e. The fourth-order valence-corrected chi connectivity index (χ4v) is 1.82. The summed E-state index contributed by atoms with van der Waals surface area (Å²) in [6.07, 6.45) is 1.74. The lowest BCUT2D eigenvalue weighted by Crippen LogP contribution is -2.25. The van der Waals surface area contributed by atoms with Gasteiger partial charge in [0.2, 0.25) is 0 Å². The predicted molar refractivity (Wildman–Crippen MR) is 79.5 cm³/mol. The first-order chi connectivity index (χ1) is 9.79. The molecule has 0 saturated carbocycles. The Kier molecular flexibility index (Phi) is 6.55. The Morgan fingerprint density at radius 3 is 2.29 bits per heavy atom. The summed E-state index contributed by atoms with van der Waals surface area (Å²) >= 11 is 0. The second-order valence-electron chi connectivity index (χ2n) is 5.82. The van der Waals surface area contributed by atoms with Crippen molar-refractivity contribution in [3.05, 3.63) is 29.3 Å². The van der Waals surface area contributed by atoms with E-state index in [2.05, 4.69) is 0 Å². The summed E-state index contributed by atoms with van der Waals surface area (Å²) in [5.41, 5.74) is 5.95. The zero-order valence-corrected chi connectivity index (χ0v) is 13.2. The summed E-state index contributed by atoms with van der Waals surface area (Å²) in [4.78, 5) is 0. The maximum absolute atomic E-state index is 13.9. The van der Waals surface area contributed by atoms with E-state index in [-0.39, 0.29) is 24.0 Å². The van der Waals surface area contributed by atoms with E-state index in [0.29, 0.717) is 18.4 Å². The maximum atomic E-state index is 13.9. The zero-order chi connectivity index (χ0) is 16.0. The highest BCUT2D eigenvalue weighted by Gasteiger charge is 2.18. The molecule has 5 heteroatoms. The molecule has 1 atom stereocenters. The molecule has 0 aromatic heterocycles. The van der Waals surface area contributed by atoms with Crippen LogP contribution in [0.3, 0.4) is 0 Å². The molecule has 0 amide bonds. The summed E-state index contributed by atoms with van der Waals surface area (Å²) < 4.78 is 38.3. The monoisotopic (exact) mass is 301 g/mol. The molecule has 0 heterocycles. The van der Waals surface area contributed by atoms with Crippen molar-refractivity contribution in [3.8, 4) is 5.75 Å². The van der Waals surface area contributed by atoms with Crippen molar-refractivity contribution in [3.63, 3.8) is 0 Å². The average Bonchev–Trinajstić information content (AvgIpc) is 2.41. The molecule has 21 heavy (non-hydrogen) atoms. The van der Waals surface area contributed by atoms with Crippen LogP contribution in [0.15, 0.2) is 12.1 Å². The molecule has 1 aromatic rings. The standard InChI is InChI=1S/C16H25F2NO2/c1-5-12(19)8-11-9-13(17)15(14(18)10-11)21-7-6-16(2,3)20-4/h9-10,12H,5-8,19H2,1-4H3. The molecular weight excluding hydrogens is 276 g/mol. The Hall–Kier alpha value is -1.20. The van der Waals surface area contributed by atoms with Gasteiger partial charge in [0.15, 0.2) is 17.4 Å². The molecule has 3 nitrogen and oxygen atoms in total. The number of benzene rings is 1. The lowest BCUT2D eigenvalue weighted by molar-refractivity contribution is 0.00478. The number of nitrogens with two attached hydrogens (primary N) is 1. The SMILES string of the molecule is CCC(N)Cc1cc(F)c(OCCC(C)(C)OC)c(F)c1. The molecule has 2 N–H and O–H groups in total. The molecule has 120 valence electrons. The van der Waals surface area contributed by atoms with Crippen LogP contribution >= 0.6 is 0 Å². The second kappa shape index (κ2) is 7.71. The van der Waals surface area contributed by atoms with Gasteiger partial charge in [-0.2, -0.15) is 0 Å². The highest BCUT2D eigenvalue weighted by Crippen LogP contribution is 2.25. The first-order valence-electron chi connectivity index (χ1n) is 7.20. The van der Waals surface area contributed by atoms with Gasteiger partial charge in [-0.25, -0.2) is 8.78 Å². The average molecular weight is 301 g/mol. The van der Waals surface area contributed by atoms with Crippen molar-refractivity contribution in [2.45, 2.75) is 51.7 Å². The molecule has 0 bridgehead atoms. The van der Waals surface area contributed by atoms with Crippen LogP contribution in [0.4, 0.5) is 8.78 Å². The van der Waals surface area contributed by atoms with Crippen LogP contribution in [-0.2, 0) is 11.2 Å². The minimum atomic E-state index is -0.691. The van der Waals surface area contributed by atoms with Gasteiger partial charge in [-0.05, 0) is 44.4 Å². The smallest absolute Gasteiger partial charge is 0.190 e. The van der Waals surface area contributed by atoms with Gasteiger partial charge < -0.3 is 15.2 Å². The quantitative estimate of drug-likeness (QED) is 0.800. The molecule has 0 spiro atoms. The third kappa shape index (κ3) is 5.59. The third-order valence-corrected chi connectivity index (χ3v) is 3.58. The van der Waals surface area contributed by atoms with Gasteiger partial charge in [-0.3, -0.25) is 0 Å². The van der Waals surface area contributed by atoms with Gasteiger partial charge in [0.25, 0.3) is 0 Å². The molecule has 0 aliphatic heterocycles. The highest BCUT2D eigenvalue weighted by atomic mass is 19.1. The zero-order valence-electron chi connectivity index (χ0n) is 13.2. The van der Waals surface area contributed by atoms with Gasteiger partial charge >= 0.3 is 0 Å². The molecule has 0 saturated heterocycles. The van der Waals surface area contributed by atoms with E-state index in [1.807, 2.05) is 20.8 Å². The van der Waals surface area contributed by atoms with Crippen LogP contribution in [0.2, 0.25) is 0 Å². The molecule has 0 fully saturated rings. The van der Waals surface area contributed by atoms with Gasteiger partial charge in [-0.1, -0.05) is 6.92 Å². The number of ether oxygens (including phenoxy) is 2. The number of hydrogen-bond acceptors (Lipinski definition) is 3. The lowest BCUT2D eigenvalue weighted by atomic mass is 10.0. The van der Waals surface area contributed by atoms with Crippen molar-refractivity contribution < 1.29 is 18.3 Å². The molecule has 0 aliphatic rings. The first kappa shape index (κ1) is 17.9. The van der Waals surface area contributed by atoms with Crippen molar-refractivity contribution >= 4 is 0 Å². The maximum Gasteiger partial charge on any atom is 0.190 e. The van der Waals surface area contributed by atoms with E-state index < -0.39 is 11.6 Å². The van der Waals surface area contributed by atoms with Gasteiger partial charge in [0.05, 0.1) is 12.2 Å².